The fourth-order valence-electron chi connectivity index (χ4n) is 1.10. The standard InChI is InChI=1S/C11H18N2O/c1-5-14-10-8-6-7-9(12-10)13-11(2,3)4/h6-8H,5H2,1-4H3,(H,12,13). The van der Waals surface area contributed by atoms with Gasteiger partial charge in [0.05, 0.1) is 6.61 Å². The maximum absolute atomic E-state index is 5.31. The first-order valence-corrected chi connectivity index (χ1v) is 4.89. The lowest BCUT2D eigenvalue weighted by Crippen LogP contribution is -2.26. The second kappa shape index (κ2) is 4.31. The third-order valence-corrected chi connectivity index (χ3v) is 1.52. The Morgan fingerprint density at radius 1 is 1.36 bits per heavy atom. The lowest BCUT2D eigenvalue weighted by atomic mass is 10.1. The van der Waals surface area contributed by atoms with Crippen LogP contribution in [0.25, 0.3) is 0 Å². The Kier molecular flexibility index (Phi) is 3.33. The number of nitrogens with one attached hydrogen (secondary N) is 1. The highest BCUT2D eigenvalue weighted by molar-refractivity contribution is 5.39. The molecule has 1 rings (SSSR count). The van der Waals surface area contributed by atoms with Crippen molar-refractivity contribution in [1.29, 1.82) is 0 Å². The van der Waals surface area contributed by atoms with Crippen LogP contribution < -0.4 is 10.1 Å². The van der Waals surface area contributed by atoms with Crippen molar-refractivity contribution in [3.63, 3.8) is 0 Å². The third-order valence-electron chi connectivity index (χ3n) is 1.52. The molecule has 0 saturated heterocycles. The molecule has 1 aromatic heterocycles. The van der Waals surface area contributed by atoms with Crippen LogP contribution in [0.5, 0.6) is 5.88 Å². The number of rotatable bonds is 3. The number of ether oxygens (including phenoxy) is 1. The Morgan fingerprint density at radius 2 is 2.07 bits per heavy atom. The summed E-state index contributed by atoms with van der Waals surface area (Å²) in [5, 5.41) is 3.29. The van der Waals surface area contributed by atoms with E-state index in [0.29, 0.717) is 12.5 Å². The van der Waals surface area contributed by atoms with Crippen LogP contribution in [0.2, 0.25) is 0 Å². The van der Waals surface area contributed by atoms with Crippen molar-refractivity contribution in [3.05, 3.63) is 18.2 Å². The quantitative estimate of drug-likeness (QED) is 0.803. The fraction of sp³-hybridized carbons (Fsp3) is 0.545. The van der Waals surface area contributed by atoms with Gasteiger partial charge in [-0.15, -0.1) is 0 Å². The zero-order valence-electron chi connectivity index (χ0n) is 9.29. The number of nitrogens with zero attached hydrogens (tertiary/aromatic N) is 1. The molecule has 1 aromatic rings. The van der Waals surface area contributed by atoms with Gasteiger partial charge < -0.3 is 10.1 Å². The fourth-order valence-corrected chi connectivity index (χ4v) is 1.10. The zero-order valence-corrected chi connectivity index (χ0v) is 9.29. The summed E-state index contributed by atoms with van der Waals surface area (Å²) >= 11 is 0. The molecule has 1 heterocycles. The van der Waals surface area contributed by atoms with Gasteiger partial charge in [0.2, 0.25) is 5.88 Å². The van der Waals surface area contributed by atoms with E-state index in [9.17, 15) is 0 Å². The molecule has 1 N–H and O–H groups in total. The molecule has 0 aliphatic carbocycles. The van der Waals surface area contributed by atoms with Crippen molar-refractivity contribution >= 4 is 5.82 Å². The molecule has 3 heteroatoms. The first kappa shape index (κ1) is 10.8. The molecule has 0 aliphatic heterocycles. The number of hydrogen-bond donors (Lipinski definition) is 1. The molecule has 0 saturated carbocycles. The molecular formula is C11H18N2O. The van der Waals surface area contributed by atoms with Crippen molar-refractivity contribution in [3.8, 4) is 5.88 Å². The van der Waals surface area contributed by atoms with Gasteiger partial charge in [0.15, 0.2) is 0 Å². The van der Waals surface area contributed by atoms with E-state index in [1.54, 1.807) is 0 Å². The summed E-state index contributed by atoms with van der Waals surface area (Å²) in [6, 6.07) is 5.73. The van der Waals surface area contributed by atoms with Crippen molar-refractivity contribution in [1.82, 2.24) is 4.98 Å². The maximum Gasteiger partial charge on any atom is 0.215 e. The normalized spacial score (nSPS) is 11.1. The summed E-state index contributed by atoms with van der Waals surface area (Å²) < 4.78 is 5.31. The predicted octanol–water partition coefficient (Wildman–Crippen LogP) is 2.69. The minimum atomic E-state index is 0.0256. The SMILES string of the molecule is CCOc1cccc(NC(C)(C)C)n1. The predicted molar refractivity (Wildman–Crippen MR) is 58.8 cm³/mol. The summed E-state index contributed by atoms with van der Waals surface area (Å²) in [5.74, 6) is 1.52. The van der Waals surface area contributed by atoms with E-state index in [2.05, 4.69) is 31.1 Å². The Balaban J connectivity index is 2.73. The highest BCUT2D eigenvalue weighted by atomic mass is 16.5. The van der Waals surface area contributed by atoms with Gasteiger partial charge >= 0.3 is 0 Å². The number of hydrogen-bond acceptors (Lipinski definition) is 3. The van der Waals surface area contributed by atoms with E-state index < -0.39 is 0 Å². The first-order chi connectivity index (χ1) is 6.51. The zero-order chi connectivity index (χ0) is 10.6. The molecule has 78 valence electrons. The lowest BCUT2D eigenvalue weighted by molar-refractivity contribution is 0.327. The third kappa shape index (κ3) is 3.64. The molecule has 14 heavy (non-hydrogen) atoms. The topological polar surface area (TPSA) is 34.1 Å². The van der Waals surface area contributed by atoms with E-state index in [0.717, 1.165) is 5.82 Å². The number of pyridine rings is 1. The Bertz CT molecular complexity index is 292. The lowest BCUT2D eigenvalue weighted by Gasteiger charge is -2.21. The molecule has 0 atom stereocenters. The molecule has 0 amide bonds. The molecule has 0 aromatic carbocycles. The summed E-state index contributed by atoms with van der Waals surface area (Å²) in [6.07, 6.45) is 0. The number of anilines is 1. The second-order valence-electron chi connectivity index (χ2n) is 4.17. The highest BCUT2D eigenvalue weighted by Crippen LogP contribution is 2.15. The van der Waals surface area contributed by atoms with Crippen molar-refractivity contribution < 1.29 is 4.74 Å². The molecule has 3 nitrogen and oxygen atoms in total. The van der Waals surface area contributed by atoms with Crippen LogP contribution in [-0.4, -0.2) is 17.1 Å². The van der Waals surface area contributed by atoms with Crippen LogP contribution in [-0.2, 0) is 0 Å². The van der Waals surface area contributed by atoms with Crippen LogP contribution in [0.1, 0.15) is 27.7 Å². The maximum atomic E-state index is 5.31. The average molecular weight is 194 g/mol. The molecule has 0 fully saturated rings. The molecule has 0 spiro atoms. The smallest absolute Gasteiger partial charge is 0.215 e. The van der Waals surface area contributed by atoms with Crippen molar-refractivity contribution in [2.75, 3.05) is 11.9 Å². The van der Waals surface area contributed by atoms with Gasteiger partial charge in [0, 0.05) is 11.6 Å². The van der Waals surface area contributed by atoms with E-state index in [1.165, 1.54) is 0 Å². The average Bonchev–Trinajstić information content (AvgIpc) is 2.02. The molecule has 0 aliphatic rings. The van der Waals surface area contributed by atoms with Crippen LogP contribution in [0.4, 0.5) is 5.82 Å². The van der Waals surface area contributed by atoms with Crippen LogP contribution >= 0.6 is 0 Å². The van der Waals surface area contributed by atoms with E-state index in [4.69, 9.17) is 4.74 Å². The van der Waals surface area contributed by atoms with Crippen molar-refractivity contribution in [2.45, 2.75) is 33.2 Å². The second-order valence-corrected chi connectivity index (χ2v) is 4.17. The summed E-state index contributed by atoms with van der Waals surface area (Å²) in [7, 11) is 0. The minimum absolute atomic E-state index is 0.0256. The van der Waals surface area contributed by atoms with E-state index >= 15 is 0 Å². The minimum Gasteiger partial charge on any atom is -0.478 e. The van der Waals surface area contributed by atoms with Gasteiger partial charge in [-0.25, -0.2) is 0 Å². The van der Waals surface area contributed by atoms with Crippen LogP contribution in [0.3, 0.4) is 0 Å². The monoisotopic (exact) mass is 194 g/mol. The Labute approximate surface area is 85.5 Å². The van der Waals surface area contributed by atoms with Crippen molar-refractivity contribution in [2.24, 2.45) is 0 Å². The Morgan fingerprint density at radius 3 is 2.64 bits per heavy atom. The highest BCUT2D eigenvalue weighted by Gasteiger charge is 2.10. The van der Waals surface area contributed by atoms with Gasteiger partial charge in [-0.1, -0.05) is 6.07 Å². The largest absolute Gasteiger partial charge is 0.478 e. The van der Waals surface area contributed by atoms with Gasteiger partial charge in [0.25, 0.3) is 0 Å². The molecular weight excluding hydrogens is 176 g/mol. The van der Waals surface area contributed by atoms with Gasteiger partial charge in [-0.05, 0) is 33.8 Å². The molecule has 0 bridgehead atoms. The van der Waals surface area contributed by atoms with Crippen LogP contribution in [0, 0.1) is 0 Å². The summed E-state index contributed by atoms with van der Waals surface area (Å²) in [5.41, 5.74) is 0.0256. The molecule has 0 radical (unpaired) electrons. The van der Waals surface area contributed by atoms with Gasteiger partial charge in [0.1, 0.15) is 5.82 Å². The summed E-state index contributed by atoms with van der Waals surface area (Å²) in [6.45, 7) is 8.89. The first-order valence-electron chi connectivity index (χ1n) is 4.89. The number of aromatic nitrogens is 1. The molecule has 0 unspecified atom stereocenters. The Hall–Kier alpha value is -1.25. The van der Waals surface area contributed by atoms with Gasteiger partial charge in [-0.3, -0.25) is 0 Å². The van der Waals surface area contributed by atoms with Crippen LogP contribution in [0.15, 0.2) is 18.2 Å². The summed E-state index contributed by atoms with van der Waals surface area (Å²) in [4.78, 5) is 4.31. The van der Waals surface area contributed by atoms with Gasteiger partial charge in [-0.2, -0.15) is 4.98 Å². The van der Waals surface area contributed by atoms with E-state index in [1.807, 2.05) is 25.1 Å². The van der Waals surface area contributed by atoms with E-state index in [-0.39, 0.29) is 5.54 Å².